The quantitative estimate of drug-likeness (QED) is 0.497. The number of rotatable bonds is 6. The Bertz CT molecular complexity index is 1360. The number of benzene rings is 2. The molecule has 2 aromatic rings. The Balaban J connectivity index is 1.07. The van der Waals surface area contributed by atoms with Crippen molar-refractivity contribution in [3.05, 3.63) is 64.7 Å². The number of urea groups is 1. The van der Waals surface area contributed by atoms with Gasteiger partial charge in [0.25, 0.3) is 5.91 Å². The number of aryl methyl sites for hydroxylation is 2. The van der Waals surface area contributed by atoms with Crippen molar-refractivity contribution in [1.82, 2.24) is 24.9 Å². The molecular weight excluding hydrogens is 580 g/mol. The van der Waals surface area contributed by atoms with Gasteiger partial charge in [-0.2, -0.15) is 0 Å². The molecule has 0 bridgehead atoms. The van der Waals surface area contributed by atoms with E-state index in [4.69, 9.17) is 4.74 Å². The maximum atomic E-state index is 14.0. The molecule has 0 saturated carbocycles. The molecule has 0 aliphatic carbocycles. The van der Waals surface area contributed by atoms with Crippen LogP contribution in [0, 0.1) is 13.8 Å². The molecule has 0 radical (unpaired) electrons. The van der Waals surface area contributed by atoms with Gasteiger partial charge in [-0.25, -0.2) is 9.59 Å². The van der Waals surface area contributed by atoms with Gasteiger partial charge in [0.2, 0.25) is 0 Å². The number of anilines is 1. The van der Waals surface area contributed by atoms with E-state index in [1.54, 1.807) is 4.90 Å². The van der Waals surface area contributed by atoms with E-state index >= 15 is 0 Å². The first-order valence-electron chi connectivity index (χ1n) is 17.3. The average Bonchev–Trinajstić information content (AvgIpc) is 3.43. The van der Waals surface area contributed by atoms with E-state index in [-0.39, 0.29) is 18.0 Å². The minimum atomic E-state index is -0.875. The summed E-state index contributed by atoms with van der Waals surface area (Å²) in [4.78, 5) is 48.8. The number of fused-ring (bicyclic) bond motifs is 1. The molecule has 4 aliphatic heterocycles. The summed E-state index contributed by atoms with van der Waals surface area (Å²) in [5.41, 5.74) is 5.27. The summed E-state index contributed by atoms with van der Waals surface area (Å²) in [6.07, 6.45) is 4.23. The van der Waals surface area contributed by atoms with E-state index < -0.39 is 12.2 Å². The first-order valence-corrected chi connectivity index (χ1v) is 17.3. The van der Waals surface area contributed by atoms with Gasteiger partial charge in [-0.15, -0.1) is 0 Å². The molecule has 6 rings (SSSR count). The highest BCUT2D eigenvalue weighted by Crippen LogP contribution is 2.26. The topological polar surface area (TPSA) is 97.5 Å². The van der Waals surface area contributed by atoms with Crippen LogP contribution < -0.4 is 10.6 Å². The third-order valence-electron chi connectivity index (χ3n) is 10.2. The minimum absolute atomic E-state index is 0.0485. The van der Waals surface area contributed by atoms with Gasteiger partial charge in [0.05, 0.1) is 0 Å². The van der Waals surface area contributed by atoms with E-state index in [9.17, 15) is 14.4 Å². The van der Waals surface area contributed by atoms with Crippen LogP contribution in [-0.2, 0) is 22.4 Å². The molecule has 248 valence electrons. The summed E-state index contributed by atoms with van der Waals surface area (Å²) in [7, 11) is 0. The summed E-state index contributed by atoms with van der Waals surface area (Å²) in [5.74, 6) is -0.0980. The van der Waals surface area contributed by atoms with Crippen molar-refractivity contribution in [3.63, 3.8) is 0 Å². The molecule has 3 fully saturated rings. The highest BCUT2D eigenvalue weighted by atomic mass is 16.6. The smallest absolute Gasteiger partial charge is 0.410 e. The Morgan fingerprint density at radius 2 is 1.54 bits per heavy atom. The number of carbonyl (C=O) groups excluding carboxylic acids is 3. The Morgan fingerprint density at radius 1 is 0.848 bits per heavy atom. The van der Waals surface area contributed by atoms with E-state index in [0.717, 1.165) is 79.8 Å². The predicted molar refractivity (Wildman–Crippen MR) is 179 cm³/mol. The van der Waals surface area contributed by atoms with Crippen molar-refractivity contribution >= 4 is 23.7 Å². The Kier molecular flexibility index (Phi) is 10.4. The lowest BCUT2D eigenvalue weighted by atomic mass is 9.99. The SMILES string of the molecule is Cc1cc(C)cc(C[C@@H](OC(=O)N2CCC(N3CCc4ccccc4NC3=O)CC2)C(=O)N2CCC(N3CCCNCC3)CC2)c1. The maximum Gasteiger partial charge on any atom is 0.410 e. The average molecular weight is 631 g/mol. The number of hydrogen-bond donors (Lipinski definition) is 2. The predicted octanol–water partition coefficient (Wildman–Crippen LogP) is 4.19. The van der Waals surface area contributed by atoms with Crippen molar-refractivity contribution in [2.75, 3.05) is 64.2 Å². The molecule has 10 heteroatoms. The van der Waals surface area contributed by atoms with Crippen molar-refractivity contribution in [3.8, 4) is 0 Å². The van der Waals surface area contributed by atoms with Crippen molar-refractivity contribution in [1.29, 1.82) is 0 Å². The van der Waals surface area contributed by atoms with Crippen LogP contribution in [0.5, 0.6) is 0 Å². The van der Waals surface area contributed by atoms with Crippen molar-refractivity contribution in [2.24, 2.45) is 0 Å². The maximum absolute atomic E-state index is 14.0. The number of nitrogens with zero attached hydrogens (tertiary/aromatic N) is 4. The van der Waals surface area contributed by atoms with Gasteiger partial charge in [0, 0.05) is 70.0 Å². The molecule has 1 atom stereocenters. The number of carbonyl (C=O) groups is 3. The number of piperidine rings is 2. The van der Waals surface area contributed by atoms with E-state index in [1.165, 1.54) is 0 Å². The van der Waals surface area contributed by atoms with Crippen molar-refractivity contribution in [2.45, 2.75) is 77.0 Å². The fourth-order valence-electron chi connectivity index (χ4n) is 7.76. The van der Waals surface area contributed by atoms with Gasteiger partial charge < -0.3 is 30.1 Å². The zero-order valence-corrected chi connectivity index (χ0v) is 27.5. The van der Waals surface area contributed by atoms with Crippen LogP contribution in [0.2, 0.25) is 0 Å². The molecule has 3 saturated heterocycles. The minimum Gasteiger partial charge on any atom is -0.436 e. The Morgan fingerprint density at radius 3 is 2.30 bits per heavy atom. The zero-order chi connectivity index (χ0) is 32.0. The number of likely N-dealkylation sites (tertiary alicyclic amines) is 2. The molecule has 0 unspecified atom stereocenters. The van der Waals surface area contributed by atoms with Crippen molar-refractivity contribution < 1.29 is 19.1 Å². The first-order chi connectivity index (χ1) is 22.3. The molecule has 0 spiro atoms. The van der Waals surface area contributed by atoms with E-state index in [0.29, 0.717) is 58.0 Å². The van der Waals surface area contributed by atoms with Gasteiger partial charge in [-0.1, -0.05) is 47.5 Å². The molecule has 46 heavy (non-hydrogen) atoms. The third-order valence-corrected chi connectivity index (χ3v) is 10.2. The second kappa shape index (κ2) is 14.9. The molecule has 2 N–H and O–H groups in total. The van der Waals surface area contributed by atoms with Crippen LogP contribution in [-0.4, -0.2) is 115 Å². The van der Waals surface area contributed by atoms with Gasteiger partial charge in [0.15, 0.2) is 6.10 Å². The van der Waals surface area contributed by atoms with Crippen LogP contribution in [0.15, 0.2) is 42.5 Å². The molecule has 2 aromatic carbocycles. The summed E-state index contributed by atoms with van der Waals surface area (Å²) in [5, 5.41) is 6.55. The number of ether oxygens (including phenoxy) is 1. The molecule has 4 heterocycles. The lowest BCUT2D eigenvalue weighted by Crippen LogP contribution is -2.52. The molecular formula is C36H50N6O4. The first kappa shape index (κ1) is 32.3. The Hall–Kier alpha value is -3.63. The number of para-hydroxylation sites is 1. The molecule has 4 aliphatic rings. The summed E-state index contributed by atoms with van der Waals surface area (Å²) in [6.45, 7) is 11.3. The normalized spacial score (nSPS) is 21.2. The van der Waals surface area contributed by atoms with Crippen LogP contribution >= 0.6 is 0 Å². The highest BCUT2D eigenvalue weighted by molar-refractivity contribution is 5.91. The van der Waals surface area contributed by atoms with Crippen LogP contribution in [0.4, 0.5) is 15.3 Å². The second-order valence-electron chi connectivity index (χ2n) is 13.5. The van der Waals surface area contributed by atoms with Gasteiger partial charge in [0.1, 0.15) is 0 Å². The van der Waals surface area contributed by atoms with Gasteiger partial charge in [-0.05, 0) is 82.7 Å². The fraction of sp³-hybridized carbons (Fsp3) is 0.583. The summed E-state index contributed by atoms with van der Waals surface area (Å²) in [6, 6.07) is 14.7. The zero-order valence-electron chi connectivity index (χ0n) is 27.5. The van der Waals surface area contributed by atoms with Gasteiger partial charge >= 0.3 is 12.1 Å². The third kappa shape index (κ3) is 7.83. The van der Waals surface area contributed by atoms with Crippen LogP contribution in [0.3, 0.4) is 0 Å². The van der Waals surface area contributed by atoms with Crippen LogP contribution in [0.25, 0.3) is 0 Å². The van der Waals surface area contributed by atoms with Crippen LogP contribution in [0.1, 0.15) is 54.4 Å². The number of nitrogens with one attached hydrogen (secondary N) is 2. The monoisotopic (exact) mass is 630 g/mol. The highest BCUT2D eigenvalue weighted by Gasteiger charge is 2.36. The standard InChI is InChI=1S/C36H50N6O4/c1-26-22-27(2)24-28(23-26)25-33(34(43)40-16-9-30(10-17-40)39-15-5-13-37-14-21-39)46-36(45)41-18-11-31(12-19-41)42-20-8-29-6-3-4-7-32(29)38-35(42)44/h3-4,6-7,22-24,30-31,33,37H,5,8-21,25H2,1-2H3,(H,38,44)/t33-/m1/s1. The largest absolute Gasteiger partial charge is 0.436 e. The Labute approximate surface area is 273 Å². The fourth-order valence-corrected chi connectivity index (χ4v) is 7.76. The molecule has 4 amide bonds. The summed E-state index contributed by atoms with van der Waals surface area (Å²) >= 11 is 0. The number of amides is 4. The van der Waals surface area contributed by atoms with Gasteiger partial charge in [-0.3, -0.25) is 9.69 Å². The second-order valence-corrected chi connectivity index (χ2v) is 13.5. The van der Waals surface area contributed by atoms with E-state index in [1.807, 2.05) is 28.0 Å². The molecule has 10 nitrogen and oxygen atoms in total. The molecule has 0 aromatic heterocycles. The summed E-state index contributed by atoms with van der Waals surface area (Å²) < 4.78 is 6.10. The lowest BCUT2D eigenvalue weighted by molar-refractivity contribution is -0.142. The van der Waals surface area contributed by atoms with E-state index in [2.05, 4.69) is 53.6 Å². The number of hydrogen-bond acceptors (Lipinski definition) is 6. The lowest BCUT2D eigenvalue weighted by Gasteiger charge is -2.40.